The molecule has 0 spiro atoms. The molecule has 38 heavy (non-hydrogen) atoms. The Morgan fingerprint density at radius 3 is 2.71 bits per heavy atom. The van der Waals surface area contributed by atoms with E-state index in [1.165, 1.54) is 13.0 Å². The Balaban J connectivity index is 1.73. The molecular weight excluding hydrogens is 499 g/mol. The largest absolute Gasteiger partial charge is 0.493 e. The maximum Gasteiger partial charge on any atom is 0.416 e. The fourth-order valence-electron chi connectivity index (χ4n) is 5.77. The van der Waals surface area contributed by atoms with Gasteiger partial charge in [0.15, 0.2) is 0 Å². The summed E-state index contributed by atoms with van der Waals surface area (Å²) in [7, 11) is 1.63. The van der Waals surface area contributed by atoms with Crippen LogP contribution in [0.15, 0.2) is 36.4 Å². The summed E-state index contributed by atoms with van der Waals surface area (Å²) in [5.41, 5.74) is 3.19. The lowest BCUT2D eigenvalue weighted by Gasteiger charge is -2.38. The van der Waals surface area contributed by atoms with Gasteiger partial charge in [-0.25, -0.2) is 0 Å². The molecule has 202 valence electrons. The van der Waals surface area contributed by atoms with E-state index in [1.54, 1.807) is 19.2 Å². The average molecular weight is 530 g/mol. The molecule has 2 N–H and O–H groups in total. The number of alkyl halides is 3. The number of halogens is 3. The Morgan fingerprint density at radius 1 is 1.18 bits per heavy atom. The number of benzene rings is 2. The number of anilines is 2. The third-order valence-electron chi connectivity index (χ3n) is 7.31. The molecule has 0 aliphatic carbocycles. The van der Waals surface area contributed by atoms with Crippen molar-refractivity contribution in [2.45, 2.75) is 50.9 Å². The topological polar surface area (TPSA) is 79.9 Å². The van der Waals surface area contributed by atoms with E-state index in [1.807, 2.05) is 6.07 Å². The predicted octanol–water partition coefficient (Wildman–Crippen LogP) is 5.18. The number of carbonyl (C=O) groups is 2. The molecule has 2 atom stereocenters. The molecule has 2 aromatic rings. The van der Waals surface area contributed by atoms with Crippen LogP contribution >= 0.6 is 0 Å². The fraction of sp³-hybridized carbons (Fsp3) is 0.429. The van der Waals surface area contributed by atoms with Gasteiger partial charge >= 0.3 is 6.18 Å². The monoisotopic (exact) mass is 529 g/mol. The van der Waals surface area contributed by atoms with Crippen molar-refractivity contribution < 1.29 is 32.2 Å². The van der Waals surface area contributed by atoms with Gasteiger partial charge in [-0.15, -0.1) is 0 Å². The highest BCUT2D eigenvalue weighted by Gasteiger charge is 2.42. The minimum atomic E-state index is -4.50. The second kappa shape index (κ2) is 10.4. The number of nitrogens with one attached hydrogen (secondary N) is 2. The van der Waals surface area contributed by atoms with Crippen LogP contribution in [0, 0.1) is 0 Å². The summed E-state index contributed by atoms with van der Waals surface area (Å²) < 4.78 is 51.7. The first-order valence-corrected chi connectivity index (χ1v) is 12.7. The normalized spacial score (nSPS) is 23.7. The standard InChI is InChI=1S/C28H30F3N3O4/c1-16(35)32-18-8-10-22-23(14-18)33-27(36)26(34-11-3-5-19(34)15-37-2)25(22)21-6-4-12-38-24-13-17(28(29,30)31)7-9-20(21)24/h7-10,13-14,19,26H,3-6,11-12,15H2,1-2H3,(H,32,35)(H,33,36)/b25-21+/t19-,26?/m0/s1. The van der Waals surface area contributed by atoms with Gasteiger partial charge in [0, 0.05) is 36.9 Å². The maximum absolute atomic E-state index is 13.8. The highest BCUT2D eigenvalue weighted by atomic mass is 19.4. The molecule has 3 heterocycles. The summed E-state index contributed by atoms with van der Waals surface area (Å²) >= 11 is 0. The van der Waals surface area contributed by atoms with Crippen molar-refractivity contribution in [1.29, 1.82) is 0 Å². The van der Waals surface area contributed by atoms with E-state index in [2.05, 4.69) is 15.5 Å². The SMILES string of the molecule is COC[C@@H]1CCCN1C1C(=O)Nc2cc(NC(C)=O)ccc2/C1=C1/CCCOc2cc(C(F)(F)F)ccc21. The lowest BCUT2D eigenvalue weighted by atomic mass is 9.83. The Bertz CT molecular complexity index is 1290. The summed E-state index contributed by atoms with van der Waals surface area (Å²) in [5.74, 6) is -0.296. The van der Waals surface area contributed by atoms with Gasteiger partial charge in [-0.2, -0.15) is 13.2 Å². The Kier molecular flexibility index (Phi) is 7.19. The second-order valence-corrected chi connectivity index (χ2v) is 9.88. The quantitative estimate of drug-likeness (QED) is 0.571. The summed E-state index contributed by atoms with van der Waals surface area (Å²) in [5, 5.41) is 5.75. The van der Waals surface area contributed by atoms with Crippen LogP contribution < -0.4 is 15.4 Å². The molecule has 2 amide bonds. The van der Waals surface area contributed by atoms with Gasteiger partial charge in [-0.3, -0.25) is 14.5 Å². The molecule has 0 aromatic heterocycles. The Morgan fingerprint density at radius 2 is 1.97 bits per heavy atom. The van der Waals surface area contributed by atoms with Crippen molar-refractivity contribution >= 4 is 34.3 Å². The number of rotatable bonds is 4. The van der Waals surface area contributed by atoms with Crippen LogP contribution in [0.5, 0.6) is 5.75 Å². The number of carbonyl (C=O) groups excluding carboxylic acids is 2. The van der Waals surface area contributed by atoms with Gasteiger partial charge in [0.05, 0.1) is 24.5 Å². The minimum Gasteiger partial charge on any atom is -0.493 e. The molecule has 5 rings (SSSR count). The van der Waals surface area contributed by atoms with Crippen LogP contribution in [-0.4, -0.2) is 55.7 Å². The van der Waals surface area contributed by atoms with Crippen molar-refractivity contribution in [3.8, 4) is 5.75 Å². The van der Waals surface area contributed by atoms with E-state index in [4.69, 9.17) is 9.47 Å². The fourth-order valence-corrected chi connectivity index (χ4v) is 5.77. The first-order valence-electron chi connectivity index (χ1n) is 12.7. The molecule has 0 bridgehead atoms. The second-order valence-electron chi connectivity index (χ2n) is 9.88. The van der Waals surface area contributed by atoms with Gasteiger partial charge in [0.1, 0.15) is 11.8 Å². The lowest BCUT2D eigenvalue weighted by molar-refractivity contribution is -0.137. The first-order chi connectivity index (χ1) is 18.2. The third kappa shape index (κ3) is 5.02. The molecule has 7 nitrogen and oxygen atoms in total. The number of fused-ring (bicyclic) bond motifs is 2. The highest BCUT2D eigenvalue weighted by molar-refractivity contribution is 6.16. The molecule has 3 aliphatic heterocycles. The number of likely N-dealkylation sites (tertiary alicyclic amines) is 1. The van der Waals surface area contributed by atoms with Crippen LogP contribution in [0.3, 0.4) is 0 Å². The van der Waals surface area contributed by atoms with Crippen molar-refractivity contribution in [2.75, 3.05) is 37.5 Å². The molecule has 0 radical (unpaired) electrons. The van der Waals surface area contributed by atoms with Crippen molar-refractivity contribution in [3.63, 3.8) is 0 Å². The van der Waals surface area contributed by atoms with E-state index in [9.17, 15) is 22.8 Å². The summed E-state index contributed by atoms with van der Waals surface area (Å²) in [6.45, 7) is 2.84. The average Bonchev–Trinajstić information content (AvgIpc) is 3.19. The van der Waals surface area contributed by atoms with Crippen LogP contribution in [0.2, 0.25) is 0 Å². The number of allylic oxidation sites excluding steroid dienone is 1. The zero-order valence-corrected chi connectivity index (χ0v) is 21.3. The van der Waals surface area contributed by atoms with E-state index in [-0.39, 0.29) is 30.2 Å². The lowest BCUT2D eigenvalue weighted by Crippen LogP contribution is -2.50. The molecule has 2 aromatic carbocycles. The van der Waals surface area contributed by atoms with Crippen molar-refractivity contribution in [2.24, 2.45) is 0 Å². The van der Waals surface area contributed by atoms with E-state index < -0.39 is 17.8 Å². The van der Waals surface area contributed by atoms with Gasteiger partial charge in [-0.05, 0) is 67.6 Å². The van der Waals surface area contributed by atoms with Crippen LogP contribution in [0.25, 0.3) is 11.1 Å². The minimum absolute atomic E-state index is 0.0284. The number of amides is 2. The number of ether oxygens (including phenoxy) is 2. The zero-order valence-electron chi connectivity index (χ0n) is 21.3. The van der Waals surface area contributed by atoms with Crippen molar-refractivity contribution in [3.05, 3.63) is 53.1 Å². The maximum atomic E-state index is 13.8. The number of nitrogens with zero attached hydrogens (tertiary/aromatic N) is 1. The predicted molar refractivity (Wildman–Crippen MR) is 138 cm³/mol. The molecule has 1 saturated heterocycles. The molecule has 10 heteroatoms. The third-order valence-corrected chi connectivity index (χ3v) is 7.31. The molecule has 1 unspecified atom stereocenters. The van der Waals surface area contributed by atoms with Crippen molar-refractivity contribution in [1.82, 2.24) is 4.90 Å². The summed E-state index contributed by atoms with van der Waals surface area (Å²) in [6.07, 6.45) is -1.59. The van der Waals surface area contributed by atoms with Gasteiger partial charge < -0.3 is 20.1 Å². The smallest absolute Gasteiger partial charge is 0.416 e. The van der Waals surface area contributed by atoms with E-state index in [0.29, 0.717) is 42.9 Å². The van der Waals surface area contributed by atoms with Crippen LogP contribution in [0.4, 0.5) is 24.5 Å². The van der Waals surface area contributed by atoms with Crippen LogP contribution in [-0.2, 0) is 20.5 Å². The number of hydrogen-bond acceptors (Lipinski definition) is 5. The zero-order chi connectivity index (χ0) is 27.0. The molecule has 0 saturated carbocycles. The molecule has 1 fully saturated rings. The summed E-state index contributed by atoms with van der Waals surface area (Å²) in [6, 6.07) is 8.28. The van der Waals surface area contributed by atoms with E-state index in [0.717, 1.165) is 41.7 Å². The number of methoxy groups -OCH3 is 1. The highest BCUT2D eigenvalue weighted by Crippen LogP contribution is 2.46. The first kappa shape index (κ1) is 26.2. The van der Waals surface area contributed by atoms with Crippen LogP contribution in [0.1, 0.15) is 49.3 Å². The Labute approximate surface area is 219 Å². The molecular formula is C28H30F3N3O4. The van der Waals surface area contributed by atoms with Gasteiger partial charge in [0.2, 0.25) is 11.8 Å². The van der Waals surface area contributed by atoms with Gasteiger partial charge in [0.25, 0.3) is 0 Å². The number of hydrogen-bond donors (Lipinski definition) is 2. The summed E-state index contributed by atoms with van der Waals surface area (Å²) in [4.78, 5) is 27.5. The molecule has 3 aliphatic rings. The van der Waals surface area contributed by atoms with Gasteiger partial charge in [-0.1, -0.05) is 12.1 Å². The Hall–Kier alpha value is -3.37. The van der Waals surface area contributed by atoms with E-state index >= 15 is 0 Å².